The molecule has 1 aromatic heterocycles. The molecule has 2 aliphatic heterocycles. The average molecular weight is 364 g/mol. The number of fused-ring (bicyclic) bond motifs is 1. The predicted molar refractivity (Wildman–Crippen MR) is 101 cm³/mol. The molecular formula is C21H24N4O2. The Morgan fingerprint density at radius 1 is 1.11 bits per heavy atom. The van der Waals surface area contributed by atoms with Crippen LogP contribution in [0.25, 0.3) is 0 Å². The normalized spacial score (nSPS) is 19.5. The lowest BCUT2D eigenvalue weighted by atomic mass is 10.00. The number of aromatic nitrogens is 2. The van der Waals surface area contributed by atoms with Crippen molar-refractivity contribution in [3.05, 3.63) is 59.2 Å². The molecule has 2 aromatic rings. The molecule has 1 aromatic carbocycles. The van der Waals surface area contributed by atoms with Gasteiger partial charge in [-0.1, -0.05) is 18.2 Å². The Morgan fingerprint density at radius 2 is 1.93 bits per heavy atom. The van der Waals surface area contributed by atoms with Gasteiger partial charge in [-0.2, -0.15) is 0 Å². The van der Waals surface area contributed by atoms with Crippen molar-refractivity contribution in [2.75, 3.05) is 13.1 Å². The number of amides is 2. The quantitative estimate of drug-likeness (QED) is 0.822. The molecule has 27 heavy (non-hydrogen) atoms. The van der Waals surface area contributed by atoms with Crippen LogP contribution in [0.15, 0.2) is 36.5 Å². The standard InChI is InChI=1S/C21H24N4O2/c1-15(26)25-11-6-5-9-19(25)20-22-13-17-14-24(12-10-18(17)23-20)21(27)16-7-3-2-4-8-16/h2-4,7-8,13,19H,5-6,9-12,14H2,1H3. The van der Waals surface area contributed by atoms with Crippen LogP contribution in [0, 0.1) is 0 Å². The van der Waals surface area contributed by atoms with E-state index in [4.69, 9.17) is 4.98 Å². The van der Waals surface area contributed by atoms with Crippen LogP contribution in [0.3, 0.4) is 0 Å². The van der Waals surface area contributed by atoms with Crippen molar-refractivity contribution in [3.8, 4) is 0 Å². The number of benzene rings is 1. The maximum atomic E-state index is 12.7. The van der Waals surface area contributed by atoms with Crippen molar-refractivity contribution < 1.29 is 9.59 Å². The van der Waals surface area contributed by atoms with Crippen molar-refractivity contribution in [1.29, 1.82) is 0 Å². The highest BCUT2D eigenvalue weighted by molar-refractivity contribution is 5.94. The minimum atomic E-state index is -0.0227. The Hall–Kier alpha value is -2.76. The van der Waals surface area contributed by atoms with Gasteiger partial charge in [-0.05, 0) is 31.4 Å². The van der Waals surface area contributed by atoms with Crippen LogP contribution in [0.5, 0.6) is 0 Å². The molecule has 0 spiro atoms. The molecule has 6 heteroatoms. The van der Waals surface area contributed by atoms with Crippen molar-refractivity contribution >= 4 is 11.8 Å². The van der Waals surface area contributed by atoms with E-state index in [2.05, 4.69) is 4.98 Å². The van der Waals surface area contributed by atoms with Gasteiger partial charge in [0, 0.05) is 50.3 Å². The summed E-state index contributed by atoms with van der Waals surface area (Å²) < 4.78 is 0. The van der Waals surface area contributed by atoms with E-state index < -0.39 is 0 Å². The molecule has 1 atom stereocenters. The van der Waals surface area contributed by atoms with Crippen LogP contribution < -0.4 is 0 Å². The van der Waals surface area contributed by atoms with Crippen LogP contribution in [0.2, 0.25) is 0 Å². The van der Waals surface area contributed by atoms with Gasteiger partial charge in [-0.25, -0.2) is 9.97 Å². The fraction of sp³-hybridized carbons (Fsp3) is 0.429. The van der Waals surface area contributed by atoms with Gasteiger partial charge in [0.25, 0.3) is 5.91 Å². The first-order chi connectivity index (χ1) is 13.1. The summed E-state index contributed by atoms with van der Waals surface area (Å²) in [4.78, 5) is 37.7. The average Bonchev–Trinajstić information content (AvgIpc) is 2.73. The van der Waals surface area contributed by atoms with Gasteiger partial charge in [0.15, 0.2) is 5.82 Å². The number of rotatable bonds is 2. The summed E-state index contributed by atoms with van der Waals surface area (Å²) in [5, 5.41) is 0. The molecule has 0 saturated carbocycles. The number of carbonyl (C=O) groups excluding carboxylic acids is 2. The molecule has 3 heterocycles. The van der Waals surface area contributed by atoms with Gasteiger partial charge in [-0.15, -0.1) is 0 Å². The molecule has 2 aliphatic rings. The second-order valence-corrected chi connectivity index (χ2v) is 7.27. The highest BCUT2D eigenvalue weighted by Crippen LogP contribution is 2.30. The number of likely N-dealkylation sites (tertiary alicyclic amines) is 1. The van der Waals surface area contributed by atoms with E-state index in [1.807, 2.05) is 46.3 Å². The van der Waals surface area contributed by atoms with Crippen molar-refractivity contribution in [3.63, 3.8) is 0 Å². The zero-order valence-electron chi connectivity index (χ0n) is 15.6. The fourth-order valence-electron chi connectivity index (χ4n) is 4.01. The van der Waals surface area contributed by atoms with Crippen LogP contribution >= 0.6 is 0 Å². The molecule has 0 aliphatic carbocycles. The van der Waals surface area contributed by atoms with Crippen molar-refractivity contribution in [2.24, 2.45) is 0 Å². The number of hydrogen-bond donors (Lipinski definition) is 0. The highest BCUT2D eigenvalue weighted by atomic mass is 16.2. The van der Waals surface area contributed by atoms with E-state index >= 15 is 0 Å². The zero-order valence-corrected chi connectivity index (χ0v) is 15.6. The molecule has 1 fully saturated rings. The maximum absolute atomic E-state index is 12.7. The molecule has 140 valence electrons. The van der Waals surface area contributed by atoms with E-state index in [1.165, 1.54) is 0 Å². The van der Waals surface area contributed by atoms with Gasteiger partial charge >= 0.3 is 0 Å². The summed E-state index contributed by atoms with van der Waals surface area (Å²) in [6.45, 7) is 3.58. The lowest BCUT2D eigenvalue weighted by Gasteiger charge is -2.35. The second kappa shape index (κ2) is 7.47. The monoisotopic (exact) mass is 364 g/mol. The molecule has 0 radical (unpaired) electrons. The van der Waals surface area contributed by atoms with Gasteiger partial charge < -0.3 is 9.80 Å². The zero-order chi connectivity index (χ0) is 18.8. The van der Waals surface area contributed by atoms with E-state index in [9.17, 15) is 9.59 Å². The van der Waals surface area contributed by atoms with Gasteiger partial charge in [-0.3, -0.25) is 9.59 Å². The Bertz CT molecular complexity index is 853. The SMILES string of the molecule is CC(=O)N1CCCCC1c1ncc2c(n1)CCN(C(=O)c1ccccc1)C2. The third-order valence-electron chi connectivity index (χ3n) is 5.47. The molecule has 6 nitrogen and oxygen atoms in total. The highest BCUT2D eigenvalue weighted by Gasteiger charge is 2.30. The van der Waals surface area contributed by atoms with Crippen molar-refractivity contribution in [1.82, 2.24) is 19.8 Å². The Morgan fingerprint density at radius 3 is 2.70 bits per heavy atom. The summed E-state index contributed by atoms with van der Waals surface area (Å²) in [5.74, 6) is 0.868. The molecular weight excluding hydrogens is 340 g/mol. The smallest absolute Gasteiger partial charge is 0.254 e. The van der Waals surface area contributed by atoms with Crippen LogP contribution in [0.1, 0.15) is 59.7 Å². The Balaban J connectivity index is 1.53. The van der Waals surface area contributed by atoms with Crippen LogP contribution in [-0.2, 0) is 17.8 Å². The first kappa shape index (κ1) is 17.6. The van der Waals surface area contributed by atoms with E-state index in [0.717, 1.165) is 49.3 Å². The summed E-state index contributed by atoms with van der Waals surface area (Å²) in [5.41, 5.74) is 2.71. The van der Waals surface area contributed by atoms with Gasteiger partial charge in [0.1, 0.15) is 0 Å². The van der Waals surface area contributed by atoms with Gasteiger partial charge in [0.2, 0.25) is 5.91 Å². The van der Waals surface area contributed by atoms with Crippen LogP contribution in [0.4, 0.5) is 0 Å². The molecule has 0 N–H and O–H groups in total. The summed E-state index contributed by atoms with van der Waals surface area (Å²) in [6.07, 6.45) is 5.61. The molecule has 1 unspecified atom stereocenters. The number of nitrogens with zero attached hydrogens (tertiary/aromatic N) is 4. The van der Waals surface area contributed by atoms with Crippen molar-refractivity contribution in [2.45, 2.75) is 45.2 Å². The second-order valence-electron chi connectivity index (χ2n) is 7.27. The molecule has 4 rings (SSSR count). The summed E-state index contributed by atoms with van der Waals surface area (Å²) in [6, 6.07) is 9.34. The van der Waals surface area contributed by atoms with Crippen LogP contribution in [-0.4, -0.2) is 44.7 Å². The minimum Gasteiger partial charge on any atom is -0.334 e. The number of hydrogen-bond acceptors (Lipinski definition) is 4. The third-order valence-corrected chi connectivity index (χ3v) is 5.47. The lowest BCUT2D eigenvalue weighted by molar-refractivity contribution is -0.132. The Labute approximate surface area is 159 Å². The molecule has 1 saturated heterocycles. The fourth-order valence-corrected chi connectivity index (χ4v) is 4.01. The molecule has 2 amide bonds. The van der Waals surface area contributed by atoms with E-state index in [-0.39, 0.29) is 17.9 Å². The Kier molecular flexibility index (Phi) is 4.88. The first-order valence-corrected chi connectivity index (χ1v) is 9.59. The number of piperidine rings is 1. The van der Waals surface area contributed by atoms with E-state index in [1.54, 1.807) is 6.92 Å². The predicted octanol–water partition coefficient (Wildman–Crippen LogP) is 2.75. The topological polar surface area (TPSA) is 66.4 Å². The lowest BCUT2D eigenvalue weighted by Crippen LogP contribution is -2.39. The largest absolute Gasteiger partial charge is 0.334 e. The first-order valence-electron chi connectivity index (χ1n) is 9.59. The third kappa shape index (κ3) is 3.56. The summed E-state index contributed by atoms with van der Waals surface area (Å²) >= 11 is 0. The summed E-state index contributed by atoms with van der Waals surface area (Å²) in [7, 11) is 0. The van der Waals surface area contributed by atoms with Gasteiger partial charge in [0.05, 0.1) is 11.7 Å². The molecule has 0 bridgehead atoms. The maximum Gasteiger partial charge on any atom is 0.254 e. The van der Waals surface area contributed by atoms with E-state index in [0.29, 0.717) is 18.7 Å². The number of carbonyl (C=O) groups is 2. The minimum absolute atomic E-state index is 0.0227.